The monoisotopic (exact) mass is 252 g/mol. The van der Waals surface area contributed by atoms with Crippen LogP contribution in [0.15, 0.2) is 46.3 Å². The van der Waals surface area contributed by atoms with E-state index < -0.39 is 11.6 Å². The average Bonchev–Trinajstić information content (AvgIpc) is 2.33. The summed E-state index contributed by atoms with van der Waals surface area (Å²) in [6.45, 7) is 0. The topological polar surface area (TPSA) is 24.9 Å². The van der Waals surface area contributed by atoms with Gasteiger partial charge in [0.05, 0.1) is 0 Å². The lowest BCUT2D eigenvalue weighted by molar-refractivity contribution is 0.565. The molecule has 5 heteroatoms. The number of hydrogen-bond donors (Lipinski definition) is 1. The second-order valence-electron chi connectivity index (χ2n) is 3.29. The molecule has 0 amide bonds. The first kappa shape index (κ1) is 11.9. The van der Waals surface area contributed by atoms with Crippen molar-refractivity contribution in [3.8, 4) is 0 Å². The van der Waals surface area contributed by atoms with E-state index in [2.05, 4.69) is 10.3 Å². The number of rotatable bonds is 3. The Hall–Kier alpha value is -1.62. The molecule has 0 fully saturated rings. The molecule has 0 saturated carbocycles. The summed E-state index contributed by atoms with van der Waals surface area (Å²) in [5, 5.41) is 3.55. The van der Waals surface area contributed by atoms with Crippen LogP contribution in [0.5, 0.6) is 0 Å². The summed E-state index contributed by atoms with van der Waals surface area (Å²) in [4.78, 5) is 4.60. The Labute approximate surface area is 102 Å². The minimum absolute atomic E-state index is 0.354. The zero-order valence-corrected chi connectivity index (χ0v) is 9.89. The molecule has 1 aromatic carbocycles. The van der Waals surface area contributed by atoms with Gasteiger partial charge >= 0.3 is 0 Å². The van der Waals surface area contributed by atoms with Crippen LogP contribution < -0.4 is 5.32 Å². The van der Waals surface area contributed by atoms with Gasteiger partial charge in [-0.1, -0.05) is 17.8 Å². The minimum Gasteiger partial charge on any atom is -0.373 e. The molecule has 0 radical (unpaired) electrons. The van der Waals surface area contributed by atoms with E-state index in [1.54, 1.807) is 13.1 Å². The summed E-state index contributed by atoms with van der Waals surface area (Å²) in [7, 11) is 1.76. The van der Waals surface area contributed by atoms with Gasteiger partial charge in [0.1, 0.15) is 22.5 Å². The van der Waals surface area contributed by atoms with E-state index in [4.69, 9.17) is 0 Å². The Morgan fingerprint density at radius 2 is 2.00 bits per heavy atom. The molecule has 1 heterocycles. The van der Waals surface area contributed by atoms with Gasteiger partial charge in [-0.2, -0.15) is 0 Å². The molecule has 88 valence electrons. The van der Waals surface area contributed by atoms with Crippen molar-refractivity contribution in [2.75, 3.05) is 12.4 Å². The summed E-state index contributed by atoms with van der Waals surface area (Å²) in [5.41, 5.74) is 0. The number of benzene rings is 1. The number of nitrogens with one attached hydrogen (secondary N) is 1. The molecule has 0 atom stereocenters. The second-order valence-corrected chi connectivity index (χ2v) is 4.35. The Bertz CT molecular complexity index is 532. The third-order valence-electron chi connectivity index (χ3n) is 2.09. The number of hydrogen-bond acceptors (Lipinski definition) is 3. The lowest BCUT2D eigenvalue weighted by atomic mass is 10.3. The first-order chi connectivity index (χ1) is 8.19. The molecule has 0 aliphatic rings. The third kappa shape index (κ3) is 2.94. The van der Waals surface area contributed by atoms with Crippen molar-refractivity contribution >= 4 is 17.6 Å². The molecule has 0 aliphatic carbocycles. The zero-order valence-electron chi connectivity index (χ0n) is 9.08. The molecule has 17 heavy (non-hydrogen) atoms. The van der Waals surface area contributed by atoms with Crippen LogP contribution in [0.4, 0.5) is 14.6 Å². The Balaban J connectivity index is 2.25. The maximum absolute atomic E-state index is 13.4. The molecule has 0 saturated heterocycles. The summed E-state index contributed by atoms with van der Waals surface area (Å²) in [5.74, 6) is -0.451. The molecule has 0 spiro atoms. The van der Waals surface area contributed by atoms with Crippen LogP contribution in [0, 0.1) is 11.6 Å². The van der Waals surface area contributed by atoms with Gasteiger partial charge in [0, 0.05) is 18.0 Å². The van der Waals surface area contributed by atoms with Gasteiger partial charge in [-0.15, -0.1) is 0 Å². The molecule has 2 aromatic rings. The molecule has 0 aliphatic heterocycles. The van der Waals surface area contributed by atoms with Gasteiger partial charge in [-0.3, -0.25) is 0 Å². The smallest absolute Gasteiger partial charge is 0.140 e. The van der Waals surface area contributed by atoms with Gasteiger partial charge in [0.25, 0.3) is 0 Å². The Morgan fingerprint density at radius 3 is 2.71 bits per heavy atom. The van der Waals surface area contributed by atoms with E-state index in [1.165, 1.54) is 12.1 Å². The second kappa shape index (κ2) is 5.14. The molecular formula is C12H10F2N2S. The zero-order chi connectivity index (χ0) is 12.3. The highest BCUT2D eigenvalue weighted by molar-refractivity contribution is 7.99. The largest absolute Gasteiger partial charge is 0.373 e. The first-order valence-electron chi connectivity index (χ1n) is 4.97. The van der Waals surface area contributed by atoms with Crippen LogP contribution in [0.2, 0.25) is 0 Å². The summed E-state index contributed by atoms with van der Waals surface area (Å²) in [6.07, 6.45) is 0. The predicted molar refractivity (Wildman–Crippen MR) is 64.3 cm³/mol. The molecule has 1 aromatic heterocycles. The SMILES string of the molecule is CNc1cccc(Sc2ccc(F)cc2F)n1. The van der Waals surface area contributed by atoms with Crippen molar-refractivity contribution in [3.63, 3.8) is 0 Å². The number of anilines is 1. The van der Waals surface area contributed by atoms with Crippen LogP contribution in [-0.4, -0.2) is 12.0 Å². The van der Waals surface area contributed by atoms with Crippen LogP contribution in [-0.2, 0) is 0 Å². The average molecular weight is 252 g/mol. The van der Waals surface area contributed by atoms with Crippen LogP contribution in [0.1, 0.15) is 0 Å². The number of nitrogens with zero attached hydrogens (tertiary/aromatic N) is 1. The summed E-state index contributed by atoms with van der Waals surface area (Å²) < 4.78 is 26.1. The van der Waals surface area contributed by atoms with E-state index in [0.717, 1.165) is 17.8 Å². The maximum atomic E-state index is 13.4. The number of aromatic nitrogens is 1. The molecule has 2 nitrogen and oxygen atoms in total. The van der Waals surface area contributed by atoms with Crippen molar-refractivity contribution in [2.24, 2.45) is 0 Å². The molecular weight excluding hydrogens is 242 g/mol. The van der Waals surface area contributed by atoms with E-state index in [0.29, 0.717) is 15.7 Å². The normalized spacial score (nSPS) is 10.3. The fourth-order valence-electron chi connectivity index (χ4n) is 1.28. The Kier molecular flexibility index (Phi) is 3.58. The van der Waals surface area contributed by atoms with Gasteiger partial charge < -0.3 is 5.32 Å². The maximum Gasteiger partial charge on any atom is 0.140 e. The van der Waals surface area contributed by atoms with Crippen molar-refractivity contribution in [3.05, 3.63) is 48.0 Å². The molecule has 0 bridgehead atoms. The fourth-order valence-corrected chi connectivity index (χ4v) is 2.09. The van der Waals surface area contributed by atoms with Crippen molar-refractivity contribution in [2.45, 2.75) is 9.92 Å². The number of pyridine rings is 1. The summed E-state index contributed by atoms with van der Waals surface area (Å²) >= 11 is 1.16. The van der Waals surface area contributed by atoms with Crippen LogP contribution >= 0.6 is 11.8 Å². The molecule has 2 rings (SSSR count). The van der Waals surface area contributed by atoms with E-state index in [-0.39, 0.29) is 0 Å². The number of halogens is 2. The Morgan fingerprint density at radius 1 is 1.18 bits per heavy atom. The first-order valence-corrected chi connectivity index (χ1v) is 5.78. The molecule has 1 N–H and O–H groups in total. The van der Waals surface area contributed by atoms with Gasteiger partial charge in [0.15, 0.2) is 0 Å². The summed E-state index contributed by atoms with van der Waals surface area (Å²) in [6, 6.07) is 8.91. The highest BCUT2D eigenvalue weighted by Crippen LogP contribution is 2.29. The highest BCUT2D eigenvalue weighted by Gasteiger charge is 2.06. The van der Waals surface area contributed by atoms with Crippen molar-refractivity contribution in [1.82, 2.24) is 4.98 Å². The van der Waals surface area contributed by atoms with Gasteiger partial charge in [0.2, 0.25) is 0 Å². The van der Waals surface area contributed by atoms with Crippen molar-refractivity contribution in [1.29, 1.82) is 0 Å². The highest BCUT2D eigenvalue weighted by atomic mass is 32.2. The van der Waals surface area contributed by atoms with E-state index in [9.17, 15) is 8.78 Å². The van der Waals surface area contributed by atoms with Crippen LogP contribution in [0.25, 0.3) is 0 Å². The molecule has 0 unspecified atom stereocenters. The third-order valence-corrected chi connectivity index (χ3v) is 3.08. The minimum atomic E-state index is -0.580. The fraction of sp³-hybridized carbons (Fsp3) is 0.0833. The predicted octanol–water partition coefficient (Wildman–Crippen LogP) is 3.55. The van der Waals surface area contributed by atoms with Crippen molar-refractivity contribution < 1.29 is 8.78 Å². The van der Waals surface area contributed by atoms with E-state index in [1.807, 2.05) is 12.1 Å². The van der Waals surface area contributed by atoms with Crippen LogP contribution in [0.3, 0.4) is 0 Å². The van der Waals surface area contributed by atoms with Gasteiger partial charge in [-0.25, -0.2) is 13.8 Å². The quantitative estimate of drug-likeness (QED) is 0.904. The van der Waals surface area contributed by atoms with E-state index >= 15 is 0 Å². The lowest BCUT2D eigenvalue weighted by Crippen LogP contribution is -1.92. The standard InChI is InChI=1S/C12H10F2N2S/c1-15-11-3-2-4-12(16-11)17-10-6-5-8(13)7-9(10)14/h2-7H,1H3,(H,15,16). The van der Waals surface area contributed by atoms with Gasteiger partial charge in [-0.05, 0) is 24.3 Å². The lowest BCUT2D eigenvalue weighted by Gasteiger charge is -2.04.